The van der Waals surface area contributed by atoms with Crippen molar-refractivity contribution in [3.63, 3.8) is 0 Å². The summed E-state index contributed by atoms with van der Waals surface area (Å²) in [7, 11) is 0. The van der Waals surface area contributed by atoms with Crippen molar-refractivity contribution in [3.05, 3.63) is 30.0 Å². The number of rotatable bonds is 6. The number of carbonyl (C=O) groups is 2. The van der Waals surface area contributed by atoms with Crippen LogP contribution in [0.2, 0.25) is 0 Å². The minimum absolute atomic E-state index is 0.0926. The number of nitrogens with zero attached hydrogens (tertiary/aromatic N) is 1. The number of benzene rings is 1. The highest BCUT2D eigenvalue weighted by atomic mass is 16.4. The minimum atomic E-state index is -0.929. The molecule has 6 heteroatoms. The van der Waals surface area contributed by atoms with Crippen LogP contribution in [0.1, 0.15) is 37.2 Å². The van der Waals surface area contributed by atoms with E-state index in [1.807, 2.05) is 32.0 Å². The third-order valence-electron chi connectivity index (χ3n) is 4.08. The molecule has 0 bridgehead atoms. The summed E-state index contributed by atoms with van der Waals surface area (Å²) in [6.07, 6.45) is 0.918. The highest BCUT2D eigenvalue weighted by molar-refractivity contribution is 6.04. The van der Waals surface area contributed by atoms with Gasteiger partial charge in [0.25, 0.3) is 5.91 Å². The molecule has 3 N–H and O–H groups in total. The van der Waals surface area contributed by atoms with Crippen LogP contribution in [0.4, 0.5) is 0 Å². The molecule has 112 valence electrons. The minimum Gasteiger partial charge on any atom is -0.481 e. The quantitative estimate of drug-likeness (QED) is 0.759. The lowest BCUT2D eigenvalue weighted by atomic mass is 9.82. The largest absolute Gasteiger partial charge is 0.481 e. The van der Waals surface area contributed by atoms with Crippen LogP contribution >= 0.6 is 0 Å². The fourth-order valence-corrected chi connectivity index (χ4v) is 2.35. The van der Waals surface area contributed by atoms with Crippen LogP contribution in [0.5, 0.6) is 0 Å². The zero-order valence-electron chi connectivity index (χ0n) is 12.1. The molecule has 1 aromatic carbocycles. The highest BCUT2D eigenvalue weighted by Gasteiger charge is 2.35. The summed E-state index contributed by atoms with van der Waals surface area (Å²) in [4.78, 5) is 23.7. The van der Waals surface area contributed by atoms with Crippen molar-refractivity contribution < 1.29 is 14.7 Å². The molecule has 0 unspecified atom stereocenters. The van der Waals surface area contributed by atoms with Gasteiger partial charge in [0, 0.05) is 11.9 Å². The predicted octanol–water partition coefficient (Wildman–Crippen LogP) is 2.18. The van der Waals surface area contributed by atoms with Crippen molar-refractivity contribution in [2.24, 2.45) is 5.41 Å². The molecule has 0 atom stereocenters. The van der Waals surface area contributed by atoms with Crippen molar-refractivity contribution in [1.82, 2.24) is 15.5 Å². The number of carboxylic acids is 1. The van der Waals surface area contributed by atoms with Gasteiger partial charge < -0.3 is 10.4 Å². The number of aromatic nitrogens is 2. The molecule has 0 saturated carbocycles. The Labute approximate surface area is 122 Å². The molecule has 0 fully saturated rings. The van der Waals surface area contributed by atoms with Gasteiger partial charge in [0.1, 0.15) is 0 Å². The number of nitrogens with one attached hydrogen (secondary N) is 2. The molecule has 21 heavy (non-hydrogen) atoms. The molecule has 2 aromatic rings. The molecule has 0 radical (unpaired) electrons. The molecular weight excluding hydrogens is 270 g/mol. The van der Waals surface area contributed by atoms with E-state index < -0.39 is 11.4 Å². The van der Waals surface area contributed by atoms with Crippen LogP contribution in [-0.4, -0.2) is 33.7 Å². The van der Waals surface area contributed by atoms with Crippen LogP contribution in [0.15, 0.2) is 24.3 Å². The summed E-state index contributed by atoms with van der Waals surface area (Å²) in [6.45, 7) is 3.72. The predicted molar refractivity (Wildman–Crippen MR) is 79.1 cm³/mol. The van der Waals surface area contributed by atoms with Gasteiger partial charge in [-0.25, -0.2) is 0 Å². The Morgan fingerprint density at radius 3 is 2.57 bits per heavy atom. The van der Waals surface area contributed by atoms with Crippen LogP contribution in [0, 0.1) is 5.41 Å². The van der Waals surface area contributed by atoms with E-state index in [0.717, 1.165) is 10.9 Å². The number of para-hydroxylation sites is 1. The smallest absolute Gasteiger partial charge is 0.311 e. The molecule has 2 rings (SSSR count). The molecular formula is C15H19N3O3. The van der Waals surface area contributed by atoms with E-state index in [9.17, 15) is 14.7 Å². The van der Waals surface area contributed by atoms with Crippen molar-refractivity contribution >= 4 is 22.8 Å². The van der Waals surface area contributed by atoms with E-state index in [0.29, 0.717) is 12.8 Å². The number of aromatic amines is 1. The second kappa shape index (κ2) is 5.95. The number of fused-ring (bicyclic) bond motifs is 1. The van der Waals surface area contributed by atoms with Gasteiger partial charge in [-0.15, -0.1) is 0 Å². The molecule has 1 heterocycles. The van der Waals surface area contributed by atoms with Crippen LogP contribution in [-0.2, 0) is 4.79 Å². The number of amides is 1. The first kappa shape index (κ1) is 15.0. The van der Waals surface area contributed by atoms with Crippen LogP contribution < -0.4 is 5.32 Å². The SMILES string of the molecule is CCC(CC)(CNC(=O)c1n[nH]c2ccccc12)C(=O)O. The first-order valence-corrected chi connectivity index (χ1v) is 6.98. The molecule has 0 aliphatic rings. The van der Waals surface area contributed by atoms with E-state index in [2.05, 4.69) is 15.5 Å². The second-order valence-electron chi connectivity index (χ2n) is 5.09. The Morgan fingerprint density at radius 1 is 1.29 bits per heavy atom. The Morgan fingerprint density at radius 2 is 1.95 bits per heavy atom. The van der Waals surface area contributed by atoms with E-state index in [4.69, 9.17) is 0 Å². The lowest BCUT2D eigenvalue weighted by molar-refractivity contribution is -0.149. The maximum Gasteiger partial charge on any atom is 0.311 e. The average molecular weight is 289 g/mol. The van der Waals surface area contributed by atoms with Gasteiger partial charge in [-0.05, 0) is 18.9 Å². The molecule has 1 amide bonds. The van der Waals surface area contributed by atoms with E-state index in [1.54, 1.807) is 6.07 Å². The van der Waals surface area contributed by atoms with Crippen molar-refractivity contribution in [1.29, 1.82) is 0 Å². The van der Waals surface area contributed by atoms with Crippen LogP contribution in [0.3, 0.4) is 0 Å². The number of H-pyrrole nitrogens is 1. The Balaban J connectivity index is 2.17. The normalized spacial score (nSPS) is 11.5. The first-order chi connectivity index (χ1) is 10.0. The van der Waals surface area contributed by atoms with Gasteiger partial charge in [0.05, 0.1) is 10.9 Å². The van der Waals surface area contributed by atoms with E-state index in [1.165, 1.54) is 0 Å². The molecule has 0 saturated heterocycles. The number of aliphatic carboxylic acids is 1. The Kier molecular flexibility index (Phi) is 4.26. The summed E-state index contributed by atoms with van der Waals surface area (Å²) in [5.74, 6) is -1.25. The fourth-order valence-electron chi connectivity index (χ4n) is 2.35. The highest BCUT2D eigenvalue weighted by Crippen LogP contribution is 2.26. The molecule has 6 nitrogen and oxygen atoms in total. The van der Waals surface area contributed by atoms with Gasteiger partial charge in [0.15, 0.2) is 5.69 Å². The number of carbonyl (C=O) groups excluding carboxylic acids is 1. The maximum absolute atomic E-state index is 12.2. The molecule has 0 aliphatic carbocycles. The molecule has 1 aromatic heterocycles. The number of carboxylic acid groups (broad SMARTS) is 1. The lowest BCUT2D eigenvalue weighted by Gasteiger charge is -2.26. The molecule has 0 spiro atoms. The summed E-state index contributed by atoms with van der Waals surface area (Å²) in [6, 6.07) is 7.32. The first-order valence-electron chi connectivity index (χ1n) is 6.98. The Hall–Kier alpha value is -2.37. The van der Waals surface area contributed by atoms with Crippen molar-refractivity contribution in [2.45, 2.75) is 26.7 Å². The zero-order chi connectivity index (χ0) is 15.5. The maximum atomic E-state index is 12.2. The average Bonchev–Trinajstić information content (AvgIpc) is 2.92. The van der Waals surface area contributed by atoms with Gasteiger partial charge >= 0.3 is 5.97 Å². The molecule has 0 aliphatic heterocycles. The van der Waals surface area contributed by atoms with E-state index >= 15 is 0 Å². The van der Waals surface area contributed by atoms with Gasteiger partial charge in [-0.1, -0.05) is 32.0 Å². The number of hydrogen-bond donors (Lipinski definition) is 3. The summed E-state index contributed by atoms with van der Waals surface area (Å²) < 4.78 is 0. The Bertz CT molecular complexity index is 659. The lowest BCUT2D eigenvalue weighted by Crippen LogP contribution is -2.42. The zero-order valence-corrected chi connectivity index (χ0v) is 12.1. The third kappa shape index (κ3) is 2.74. The van der Waals surface area contributed by atoms with Gasteiger partial charge in [-0.2, -0.15) is 5.10 Å². The monoisotopic (exact) mass is 289 g/mol. The number of hydrogen-bond acceptors (Lipinski definition) is 3. The summed E-state index contributed by atoms with van der Waals surface area (Å²) in [5.41, 5.74) is 0.136. The van der Waals surface area contributed by atoms with Crippen LogP contribution in [0.25, 0.3) is 10.9 Å². The second-order valence-corrected chi connectivity index (χ2v) is 5.09. The summed E-state index contributed by atoms with van der Waals surface area (Å²) in [5, 5.41) is 19.6. The fraction of sp³-hybridized carbons (Fsp3) is 0.400. The third-order valence-corrected chi connectivity index (χ3v) is 4.08. The van der Waals surface area contributed by atoms with E-state index in [-0.39, 0.29) is 18.1 Å². The van der Waals surface area contributed by atoms with Gasteiger partial charge in [-0.3, -0.25) is 14.7 Å². The van der Waals surface area contributed by atoms with Crippen molar-refractivity contribution in [2.75, 3.05) is 6.54 Å². The van der Waals surface area contributed by atoms with Gasteiger partial charge in [0.2, 0.25) is 0 Å². The topological polar surface area (TPSA) is 95.1 Å². The standard InChI is InChI=1S/C15H19N3O3/c1-3-15(4-2,14(20)21)9-16-13(19)12-10-7-5-6-8-11(10)17-18-12/h5-8H,3-4,9H2,1-2H3,(H,16,19)(H,17,18)(H,20,21). The summed E-state index contributed by atoms with van der Waals surface area (Å²) >= 11 is 0. The van der Waals surface area contributed by atoms with Crippen molar-refractivity contribution in [3.8, 4) is 0 Å².